The second-order valence-electron chi connectivity index (χ2n) is 4.67. The molecule has 0 saturated heterocycles. The highest BCUT2D eigenvalue weighted by Gasteiger charge is 2.19. The monoisotopic (exact) mass is 332 g/mol. The number of methoxy groups -OCH3 is 2. The Labute approximate surface area is 137 Å². The molecule has 22 heavy (non-hydrogen) atoms. The molecule has 3 rings (SSSR count). The van der Waals surface area contributed by atoms with Crippen molar-refractivity contribution in [1.29, 1.82) is 0 Å². The highest BCUT2D eigenvalue weighted by Crippen LogP contribution is 2.41. The molecule has 1 heterocycles. The third kappa shape index (κ3) is 2.56. The zero-order valence-corrected chi connectivity index (χ0v) is 13.6. The lowest BCUT2D eigenvalue weighted by molar-refractivity contribution is 0.108. The maximum atomic E-state index is 11.9. The molecule has 2 aromatic carbocycles. The van der Waals surface area contributed by atoms with Crippen molar-refractivity contribution in [3.8, 4) is 21.9 Å². The van der Waals surface area contributed by atoms with E-state index in [9.17, 15) is 4.79 Å². The summed E-state index contributed by atoms with van der Waals surface area (Å²) in [4.78, 5) is 12.8. The van der Waals surface area contributed by atoms with Crippen molar-refractivity contribution in [3.05, 3.63) is 48.0 Å². The van der Waals surface area contributed by atoms with Crippen LogP contribution in [-0.2, 0) is 0 Å². The van der Waals surface area contributed by atoms with E-state index >= 15 is 0 Å². The van der Waals surface area contributed by atoms with Crippen molar-refractivity contribution in [3.63, 3.8) is 0 Å². The van der Waals surface area contributed by atoms with E-state index < -0.39 is 5.24 Å². The lowest BCUT2D eigenvalue weighted by atomic mass is 10.1. The predicted octanol–water partition coefficient (Wildman–Crippen LogP) is 4.96. The highest BCUT2D eigenvalue weighted by molar-refractivity contribution is 7.23. The van der Waals surface area contributed by atoms with Crippen molar-refractivity contribution in [2.75, 3.05) is 14.2 Å². The molecular weight excluding hydrogens is 320 g/mol. The molecule has 5 heteroatoms. The molecule has 0 bridgehead atoms. The largest absolute Gasteiger partial charge is 0.497 e. The van der Waals surface area contributed by atoms with Gasteiger partial charge in [-0.05, 0) is 59.6 Å². The van der Waals surface area contributed by atoms with Gasteiger partial charge in [-0.2, -0.15) is 0 Å². The molecule has 3 aromatic rings. The second kappa shape index (κ2) is 5.99. The summed E-state index contributed by atoms with van der Waals surface area (Å²) >= 11 is 7.34. The van der Waals surface area contributed by atoms with Crippen molar-refractivity contribution in [2.45, 2.75) is 0 Å². The Morgan fingerprint density at radius 3 is 2.23 bits per heavy atom. The minimum Gasteiger partial charge on any atom is -0.497 e. The van der Waals surface area contributed by atoms with Gasteiger partial charge in [-0.3, -0.25) is 4.79 Å². The van der Waals surface area contributed by atoms with E-state index in [1.807, 2.05) is 42.5 Å². The van der Waals surface area contributed by atoms with Gasteiger partial charge in [-0.15, -0.1) is 11.3 Å². The molecule has 0 aliphatic carbocycles. The SMILES string of the molecule is COc1ccc(-c2sc3cc(OC)ccc3c2C(=O)Cl)cc1. The lowest BCUT2D eigenvalue weighted by Gasteiger charge is -2.03. The van der Waals surface area contributed by atoms with Gasteiger partial charge in [0.1, 0.15) is 11.5 Å². The molecule has 0 unspecified atom stereocenters. The fraction of sp³-hybridized carbons (Fsp3) is 0.118. The highest BCUT2D eigenvalue weighted by atomic mass is 35.5. The molecule has 0 aliphatic rings. The van der Waals surface area contributed by atoms with E-state index in [1.165, 1.54) is 11.3 Å². The number of benzene rings is 2. The number of ether oxygens (including phenoxy) is 2. The van der Waals surface area contributed by atoms with Crippen LogP contribution in [0.3, 0.4) is 0 Å². The Balaban J connectivity index is 2.22. The van der Waals surface area contributed by atoms with Crippen LogP contribution in [0.2, 0.25) is 0 Å². The number of rotatable bonds is 4. The molecule has 0 N–H and O–H groups in total. The molecule has 3 nitrogen and oxygen atoms in total. The van der Waals surface area contributed by atoms with Gasteiger partial charge in [0.15, 0.2) is 0 Å². The fourth-order valence-corrected chi connectivity index (χ4v) is 3.83. The Morgan fingerprint density at radius 1 is 1.00 bits per heavy atom. The first-order valence-corrected chi connectivity index (χ1v) is 7.78. The van der Waals surface area contributed by atoms with Crippen molar-refractivity contribution in [1.82, 2.24) is 0 Å². The van der Waals surface area contributed by atoms with Gasteiger partial charge in [0, 0.05) is 15.0 Å². The normalized spacial score (nSPS) is 10.7. The molecule has 0 aliphatic heterocycles. The summed E-state index contributed by atoms with van der Waals surface area (Å²) in [6, 6.07) is 13.2. The Morgan fingerprint density at radius 2 is 1.64 bits per heavy atom. The van der Waals surface area contributed by atoms with Crippen LogP contribution in [0, 0.1) is 0 Å². The number of carbonyl (C=O) groups excluding carboxylic acids is 1. The van der Waals surface area contributed by atoms with Crippen LogP contribution in [0.5, 0.6) is 11.5 Å². The smallest absolute Gasteiger partial charge is 0.254 e. The standard InChI is InChI=1S/C17H13ClO3S/c1-20-11-5-3-10(4-6-11)16-15(17(18)19)13-8-7-12(21-2)9-14(13)22-16/h3-9H,1-2H3. The van der Waals surface area contributed by atoms with Crippen LogP contribution in [0.25, 0.3) is 20.5 Å². The zero-order valence-electron chi connectivity index (χ0n) is 12.1. The quantitative estimate of drug-likeness (QED) is 0.633. The average Bonchev–Trinajstić information content (AvgIpc) is 2.93. The zero-order chi connectivity index (χ0) is 15.7. The molecule has 1 aromatic heterocycles. The molecule has 0 fully saturated rings. The Bertz CT molecular complexity index is 837. The summed E-state index contributed by atoms with van der Waals surface area (Å²) in [5, 5.41) is 0.388. The minimum atomic E-state index is -0.456. The number of halogens is 1. The molecule has 0 spiro atoms. The summed E-state index contributed by atoms with van der Waals surface area (Å²) in [6.45, 7) is 0. The van der Waals surface area contributed by atoms with E-state index in [4.69, 9.17) is 21.1 Å². The number of thiophene rings is 1. The number of carbonyl (C=O) groups is 1. The Hall–Kier alpha value is -2.04. The molecule has 0 amide bonds. The first kappa shape index (κ1) is 14.9. The first-order valence-electron chi connectivity index (χ1n) is 6.59. The molecule has 0 atom stereocenters. The summed E-state index contributed by atoms with van der Waals surface area (Å²) in [5.41, 5.74) is 1.47. The van der Waals surface area contributed by atoms with Gasteiger partial charge in [-0.1, -0.05) is 0 Å². The lowest BCUT2D eigenvalue weighted by Crippen LogP contribution is -1.90. The molecule has 0 saturated carbocycles. The topological polar surface area (TPSA) is 35.5 Å². The van der Waals surface area contributed by atoms with Gasteiger partial charge >= 0.3 is 0 Å². The van der Waals surface area contributed by atoms with Gasteiger partial charge in [0.05, 0.1) is 19.8 Å². The molecule has 112 valence electrons. The van der Waals surface area contributed by atoms with E-state index in [1.54, 1.807) is 14.2 Å². The summed E-state index contributed by atoms with van der Waals surface area (Å²) in [6.07, 6.45) is 0. The maximum Gasteiger partial charge on any atom is 0.254 e. The summed E-state index contributed by atoms with van der Waals surface area (Å²) < 4.78 is 11.4. The third-order valence-electron chi connectivity index (χ3n) is 3.45. The first-order chi connectivity index (χ1) is 10.6. The summed E-state index contributed by atoms with van der Waals surface area (Å²) in [5.74, 6) is 1.52. The van der Waals surface area contributed by atoms with Crippen LogP contribution >= 0.6 is 22.9 Å². The minimum absolute atomic E-state index is 0.456. The van der Waals surface area contributed by atoms with Crippen molar-refractivity contribution in [2.24, 2.45) is 0 Å². The second-order valence-corrected chi connectivity index (χ2v) is 6.07. The third-order valence-corrected chi connectivity index (χ3v) is 4.84. The van der Waals surface area contributed by atoms with Crippen LogP contribution in [0.15, 0.2) is 42.5 Å². The van der Waals surface area contributed by atoms with E-state index in [0.717, 1.165) is 32.0 Å². The molecule has 0 radical (unpaired) electrons. The van der Waals surface area contributed by atoms with E-state index in [2.05, 4.69) is 0 Å². The van der Waals surface area contributed by atoms with Gasteiger partial charge in [0.2, 0.25) is 0 Å². The number of hydrogen-bond donors (Lipinski definition) is 0. The molecular formula is C17H13ClO3S. The van der Waals surface area contributed by atoms with E-state index in [0.29, 0.717) is 5.56 Å². The van der Waals surface area contributed by atoms with Crippen LogP contribution < -0.4 is 9.47 Å². The fourth-order valence-electron chi connectivity index (χ4n) is 2.34. The predicted molar refractivity (Wildman–Crippen MR) is 90.5 cm³/mol. The number of fused-ring (bicyclic) bond motifs is 1. The van der Waals surface area contributed by atoms with Crippen LogP contribution in [0.4, 0.5) is 0 Å². The number of hydrogen-bond acceptors (Lipinski definition) is 4. The van der Waals surface area contributed by atoms with Crippen molar-refractivity contribution >= 4 is 38.3 Å². The summed E-state index contributed by atoms with van der Waals surface area (Å²) in [7, 11) is 3.24. The average molecular weight is 333 g/mol. The van der Waals surface area contributed by atoms with Gasteiger partial charge in [-0.25, -0.2) is 0 Å². The Kier molecular flexibility index (Phi) is 4.05. The van der Waals surface area contributed by atoms with Gasteiger partial charge in [0.25, 0.3) is 5.24 Å². The van der Waals surface area contributed by atoms with Crippen molar-refractivity contribution < 1.29 is 14.3 Å². The maximum absolute atomic E-state index is 11.9. The van der Waals surface area contributed by atoms with Gasteiger partial charge < -0.3 is 9.47 Å². The van der Waals surface area contributed by atoms with Crippen LogP contribution in [0.1, 0.15) is 10.4 Å². The van der Waals surface area contributed by atoms with Crippen LogP contribution in [-0.4, -0.2) is 19.5 Å². The van der Waals surface area contributed by atoms with E-state index in [-0.39, 0.29) is 0 Å².